The highest BCUT2D eigenvalue weighted by Crippen LogP contribution is 2.37. The molecule has 1 N–H and O–H groups in total. The number of benzene rings is 1. The minimum absolute atomic E-state index is 0.00193. The number of amides is 1. The normalized spacial score (nSPS) is 21.6. The minimum Gasteiger partial charge on any atom is -0.353 e. The molecule has 1 aliphatic carbocycles. The maximum Gasteiger partial charge on any atom is 0.242 e. The molecule has 1 saturated heterocycles. The van der Waals surface area contributed by atoms with Crippen molar-refractivity contribution in [1.82, 2.24) is 15.1 Å². The zero-order chi connectivity index (χ0) is 17.9. The van der Waals surface area contributed by atoms with Crippen molar-refractivity contribution < 1.29 is 9.18 Å². The third-order valence-electron chi connectivity index (χ3n) is 5.85. The fourth-order valence-corrected chi connectivity index (χ4v) is 4.51. The highest BCUT2D eigenvalue weighted by Gasteiger charge is 2.41. The number of nitrogens with zero attached hydrogens (tertiary/aromatic N) is 2. The van der Waals surface area contributed by atoms with Gasteiger partial charge in [-0.1, -0.05) is 25.0 Å². The number of likely N-dealkylation sites (tertiary alicyclic amines) is 1. The second-order valence-corrected chi connectivity index (χ2v) is 7.76. The lowest BCUT2D eigenvalue weighted by Crippen LogP contribution is -2.54. The third kappa shape index (κ3) is 4.04. The lowest BCUT2D eigenvalue weighted by Gasteiger charge is -2.39. The average molecular weight is 347 g/mol. The van der Waals surface area contributed by atoms with Crippen LogP contribution < -0.4 is 5.32 Å². The van der Waals surface area contributed by atoms with Crippen molar-refractivity contribution in [1.29, 1.82) is 0 Å². The van der Waals surface area contributed by atoms with Gasteiger partial charge in [-0.2, -0.15) is 0 Å². The monoisotopic (exact) mass is 347 g/mol. The largest absolute Gasteiger partial charge is 0.353 e. The highest BCUT2D eigenvalue weighted by atomic mass is 19.1. The summed E-state index contributed by atoms with van der Waals surface area (Å²) in [4.78, 5) is 17.4. The van der Waals surface area contributed by atoms with Crippen LogP contribution >= 0.6 is 0 Å². The number of carbonyl (C=O) groups excluding carboxylic acids is 1. The van der Waals surface area contributed by atoms with Gasteiger partial charge in [-0.25, -0.2) is 4.39 Å². The summed E-state index contributed by atoms with van der Waals surface area (Å²) in [6.07, 6.45) is 7.40. The number of carbonyl (C=O) groups is 1. The van der Waals surface area contributed by atoms with Gasteiger partial charge in [0.1, 0.15) is 11.9 Å². The van der Waals surface area contributed by atoms with Gasteiger partial charge >= 0.3 is 0 Å². The minimum atomic E-state index is -0.391. The van der Waals surface area contributed by atoms with E-state index in [0.29, 0.717) is 0 Å². The molecule has 1 unspecified atom stereocenters. The maximum atomic E-state index is 13.2. The predicted molar refractivity (Wildman–Crippen MR) is 97.8 cm³/mol. The molecule has 0 spiro atoms. The number of nitrogens with one attached hydrogen (secondary N) is 1. The summed E-state index contributed by atoms with van der Waals surface area (Å²) in [5.74, 6) is -0.275. The first-order valence-electron chi connectivity index (χ1n) is 9.46. The van der Waals surface area contributed by atoms with Gasteiger partial charge in [0.15, 0.2) is 0 Å². The van der Waals surface area contributed by atoms with Crippen LogP contribution in [0.5, 0.6) is 0 Å². The Morgan fingerprint density at radius 1 is 1.16 bits per heavy atom. The van der Waals surface area contributed by atoms with Gasteiger partial charge in [-0.3, -0.25) is 14.6 Å². The molecule has 1 saturated carbocycles. The second kappa shape index (κ2) is 7.83. The van der Waals surface area contributed by atoms with Crippen LogP contribution in [-0.4, -0.2) is 55.0 Å². The summed E-state index contributed by atoms with van der Waals surface area (Å²) in [5.41, 5.74) is 0.969. The van der Waals surface area contributed by atoms with Crippen LogP contribution in [0.3, 0.4) is 0 Å². The molecule has 0 bridgehead atoms. The zero-order valence-electron chi connectivity index (χ0n) is 15.4. The summed E-state index contributed by atoms with van der Waals surface area (Å²) in [6, 6.07) is 5.85. The predicted octanol–water partition coefficient (Wildman–Crippen LogP) is 2.95. The van der Waals surface area contributed by atoms with Gasteiger partial charge in [0.05, 0.1) is 0 Å². The van der Waals surface area contributed by atoms with Gasteiger partial charge in [-0.15, -0.1) is 0 Å². The van der Waals surface area contributed by atoms with E-state index in [1.54, 1.807) is 12.1 Å². The third-order valence-corrected chi connectivity index (χ3v) is 5.85. The van der Waals surface area contributed by atoms with E-state index in [2.05, 4.69) is 10.2 Å². The first kappa shape index (κ1) is 18.3. The smallest absolute Gasteiger partial charge is 0.242 e. The summed E-state index contributed by atoms with van der Waals surface area (Å²) >= 11 is 0. The first-order valence-corrected chi connectivity index (χ1v) is 9.46. The maximum absolute atomic E-state index is 13.2. The summed E-state index contributed by atoms with van der Waals surface area (Å²) < 4.78 is 13.2. The number of halogens is 1. The summed E-state index contributed by atoms with van der Waals surface area (Å²) in [7, 11) is 3.78. The van der Waals surface area contributed by atoms with E-state index in [4.69, 9.17) is 0 Å². The van der Waals surface area contributed by atoms with Crippen molar-refractivity contribution in [2.45, 2.75) is 50.1 Å². The topological polar surface area (TPSA) is 35.6 Å². The van der Waals surface area contributed by atoms with E-state index in [1.165, 1.54) is 50.7 Å². The Balaban J connectivity index is 1.69. The van der Waals surface area contributed by atoms with Crippen molar-refractivity contribution in [3.05, 3.63) is 35.6 Å². The Morgan fingerprint density at radius 2 is 1.76 bits per heavy atom. The van der Waals surface area contributed by atoms with Crippen LogP contribution in [-0.2, 0) is 4.79 Å². The van der Waals surface area contributed by atoms with Gasteiger partial charge in [0, 0.05) is 12.1 Å². The molecular formula is C20H30FN3O. The molecule has 1 aliphatic heterocycles. The fraction of sp³-hybridized carbons (Fsp3) is 0.650. The SMILES string of the molecule is CN(C)C(C(=O)NCC1(N2CCCC2)CCCC1)c1ccc(F)cc1. The lowest BCUT2D eigenvalue weighted by molar-refractivity contribution is -0.126. The van der Waals surface area contributed by atoms with E-state index in [1.807, 2.05) is 19.0 Å². The molecule has 1 aromatic rings. The molecule has 138 valence electrons. The molecule has 1 atom stereocenters. The zero-order valence-corrected chi connectivity index (χ0v) is 15.4. The number of hydrogen-bond acceptors (Lipinski definition) is 3. The highest BCUT2D eigenvalue weighted by molar-refractivity contribution is 5.83. The molecule has 1 heterocycles. The van der Waals surface area contributed by atoms with E-state index >= 15 is 0 Å². The Kier molecular flexibility index (Phi) is 5.74. The van der Waals surface area contributed by atoms with Crippen molar-refractivity contribution >= 4 is 5.91 Å². The molecule has 5 heteroatoms. The van der Waals surface area contributed by atoms with Crippen molar-refractivity contribution in [3.8, 4) is 0 Å². The number of likely N-dealkylation sites (N-methyl/N-ethyl adjacent to an activating group) is 1. The fourth-order valence-electron chi connectivity index (χ4n) is 4.51. The van der Waals surface area contributed by atoms with E-state index < -0.39 is 6.04 Å². The van der Waals surface area contributed by atoms with Crippen LogP contribution in [0.15, 0.2) is 24.3 Å². The van der Waals surface area contributed by atoms with Crippen LogP contribution in [0.2, 0.25) is 0 Å². The van der Waals surface area contributed by atoms with Crippen molar-refractivity contribution in [3.63, 3.8) is 0 Å². The second-order valence-electron chi connectivity index (χ2n) is 7.76. The van der Waals surface area contributed by atoms with Crippen LogP contribution in [0.25, 0.3) is 0 Å². The molecule has 4 nitrogen and oxygen atoms in total. The Bertz CT molecular complexity index is 575. The molecule has 3 rings (SSSR count). The Morgan fingerprint density at radius 3 is 2.32 bits per heavy atom. The average Bonchev–Trinajstić information content (AvgIpc) is 3.27. The molecule has 1 aromatic carbocycles. The summed E-state index contributed by atoms with van der Waals surface area (Å²) in [6.45, 7) is 3.03. The molecule has 2 aliphatic rings. The molecule has 2 fully saturated rings. The quantitative estimate of drug-likeness (QED) is 0.859. The first-order chi connectivity index (χ1) is 12.0. The summed E-state index contributed by atoms with van der Waals surface area (Å²) in [5, 5.41) is 3.22. The van der Waals surface area contributed by atoms with Gasteiger partial charge in [0.2, 0.25) is 5.91 Å². The molecule has 0 radical (unpaired) electrons. The van der Waals surface area contributed by atoms with Gasteiger partial charge < -0.3 is 5.32 Å². The lowest BCUT2D eigenvalue weighted by atomic mass is 9.94. The number of rotatable bonds is 6. The van der Waals surface area contributed by atoms with E-state index in [0.717, 1.165) is 25.2 Å². The molecular weight excluding hydrogens is 317 g/mol. The van der Waals surface area contributed by atoms with Crippen molar-refractivity contribution in [2.24, 2.45) is 0 Å². The molecule has 0 aromatic heterocycles. The van der Waals surface area contributed by atoms with Crippen LogP contribution in [0, 0.1) is 5.82 Å². The molecule has 1 amide bonds. The standard InChI is InChI=1S/C20H30FN3O/c1-23(2)18(16-7-9-17(21)10-8-16)19(25)22-15-20(11-3-4-12-20)24-13-5-6-14-24/h7-10,18H,3-6,11-15H2,1-2H3,(H,22,25). The van der Waals surface area contributed by atoms with Gasteiger partial charge in [-0.05, 0) is 70.6 Å². The van der Waals surface area contributed by atoms with Gasteiger partial charge in [0.25, 0.3) is 0 Å². The Labute approximate surface area is 150 Å². The van der Waals surface area contributed by atoms with Crippen LogP contribution in [0.4, 0.5) is 4.39 Å². The van der Waals surface area contributed by atoms with Crippen LogP contribution in [0.1, 0.15) is 50.1 Å². The Hall–Kier alpha value is -1.46. The molecule has 25 heavy (non-hydrogen) atoms. The van der Waals surface area contributed by atoms with Crippen molar-refractivity contribution in [2.75, 3.05) is 33.7 Å². The van der Waals surface area contributed by atoms with E-state index in [-0.39, 0.29) is 17.3 Å². The number of hydrogen-bond donors (Lipinski definition) is 1. The van der Waals surface area contributed by atoms with E-state index in [9.17, 15) is 9.18 Å².